The SMILES string of the molecule is CCCCN(c1ccc(/C=C/CC(CC(=O)c2c(Cl)cccc2Cl)C(=O)OC)cc1)c1ncccn1. The summed E-state index contributed by atoms with van der Waals surface area (Å²) in [6, 6.07) is 14.7. The number of aromatic nitrogens is 2. The van der Waals surface area contributed by atoms with Gasteiger partial charge in [0.15, 0.2) is 5.78 Å². The number of benzene rings is 2. The molecule has 1 atom stereocenters. The molecule has 8 heteroatoms. The number of anilines is 2. The number of hydrogen-bond acceptors (Lipinski definition) is 6. The van der Waals surface area contributed by atoms with Crippen molar-refractivity contribution in [1.82, 2.24) is 9.97 Å². The largest absolute Gasteiger partial charge is 0.469 e. The highest BCUT2D eigenvalue weighted by Gasteiger charge is 2.24. The van der Waals surface area contributed by atoms with Gasteiger partial charge in [0.25, 0.3) is 0 Å². The average molecular weight is 526 g/mol. The standard InChI is InChI=1S/C28H29Cl2N3O3/c1-3-4-18-33(28-31-16-7-17-32-28)22-14-12-20(13-15-22)8-5-9-21(27(35)36-2)19-25(34)26-23(29)10-6-11-24(26)30/h5-8,10-17,21H,3-4,9,18-19H2,1-2H3/b8-5+. The summed E-state index contributed by atoms with van der Waals surface area (Å²) in [6.45, 7) is 2.97. The number of allylic oxidation sites excluding steroid dienone is 1. The van der Waals surface area contributed by atoms with Crippen molar-refractivity contribution in [3.05, 3.63) is 88.2 Å². The van der Waals surface area contributed by atoms with Gasteiger partial charge in [-0.15, -0.1) is 0 Å². The third kappa shape index (κ3) is 7.39. The molecule has 0 saturated heterocycles. The Morgan fingerprint density at radius 1 is 1.03 bits per heavy atom. The molecule has 0 amide bonds. The highest BCUT2D eigenvalue weighted by molar-refractivity contribution is 6.39. The second-order valence-corrected chi connectivity index (χ2v) is 9.04. The normalized spacial score (nSPS) is 11.9. The maximum atomic E-state index is 12.8. The van der Waals surface area contributed by atoms with Gasteiger partial charge in [0.2, 0.25) is 5.95 Å². The monoisotopic (exact) mass is 525 g/mol. The zero-order valence-corrected chi connectivity index (χ0v) is 21.9. The Hall–Kier alpha value is -3.22. The molecule has 36 heavy (non-hydrogen) atoms. The van der Waals surface area contributed by atoms with Crippen LogP contribution in [0.25, 0.3) is 6.08 Å². The van der Waals surface area contributed by atoms with E-state index in [-0.39, 0.29) is 27.8 Å². The number of ether oxygens (including phenoxy) is 1. The van der Waals surface area contributed by atoms with Crippen LogP contribution in [-0.4, -0.2) is 35.4 Å². The van der Waals surface area contributed by atoms with Gasteiger partial charge in [0, 0.05) is 31.0 Å². The lowest BCUT2D eigenvalue weighted by molar-refractivity contribution is -0.145. The first kappa shape index (κ1) is 27.4. The third-order valence-electron chi connectivity index (χ3n) is 5.67. The number of carbonyl (C=O) groups excluding carboxylic acids is 2. The van der Waals surface area contributed by atoms with Crippen LogP contribution in [0.15, 0.2) is 67.0 Å². The van der Waals surface area contributed by atoms with Crippen LogP contribution in [0.3, 0.4) is 0 Å². The molecule has 0 aliphatic rings. The first-order chi connectivity index (χ1) is 17.4. The highest BCUT2D eigenvalue weighted by Crippen LogP contribution is 2.28. The minimum atomic E-state index is -0.648. The molecule has 1 aromatic heterocycles. The van der Waals surface area contributed by atoms with E-state index in [1.54, 1.807) is 36.7 Å². The fourth-order valence-electron chi connectivity index (χ4n) is 3.74. The first-order valence-electron chi connectivity index (χ1n) is 11.8. The average Bonchev–Trinajstić information content (AvgIpc) is 2.89. The van der Waals surface area contributed by atoms with E-state index in [1.165, 1.54) is 7.11 Å². The maximum Gasteiger partial charge on any atom is 0.309 e. The Bertz CT molecular complexity index is 1160. The van der Waals surface area contributed by atoms with Gasteiger partial charge in [-0.3, -0.25) is 9.59 Å². The van der Waals surface area contributed by atoms with Gasteiger partial charge in [0.05, 0.1) is 28.6 Å². The Balaban J connectivity index is 1.69. The minimum absolute atomic E-state index is 0.0527. The van der Waals surface area contributed by atoms with Gasteiger partial charge < -0.3 is 9.64 Å². The number of carbonyl (C=O) groups is 2. The number of ketones is 1. The van der Waals surface area contributed by atoms with Crippen LogP contribution in [-0.2, 0) is 9.53 Å². The van der Waals surface area contributed by atoms with Crippen molar-refractivity contribution in [3.63, 3.8) is 0 Å². The topological polar surface area (TPSA) is 72.4 Å². The Labute approximate surface area is 221 Å². The van der Waals surface area contributed by atoms with Crippen molar-refractivity contribution in [2.45, 2.75) is 32.6 Å². The number of nitrogens with zero attached hydrogens (tertiary/aromatic N) is 3. The maximum absolute atomic E-state index is 12.8. The molecule has 0 aliphatic carbocycles. The van der Waals surface area contributed by atoms with Crippen LogP contribution in [0.4, 0.5) is 11.6 Å². The van der Waals surface area contributed by atoms with Crippen molar-refractivity contribution < 1.29 is 14.3 Å². The summed E-state index contributed by atoms with van der Waals surface area (Å²) >= 11 is 12.3. The van der Waals surface area contributed by atoms with Crippen LogP contribution in [0.2, 0.25) is 10.0 Å². The molecule has 0 spiro atoms. The lowest BCUT2D eigenvalue weighted by Gasteiger charge is -2.22. The van der Waals surface area contributed by atoms with Gasteiger partial charge in [-0.05, 0) is 48.7 Å². The van der Waals surface area contributed by atoms with E-state index in [2.05, 4.69) is 21.8 Å². The molecule has 188 valence electrons. The zero-order valence-electron chi connectivity index (χ0n) is 20.4. The van der Waals surface area contributed by atoms with Gasteiger partial charge in [-0.25, -0.2) is 9.97 Å². The quantitative estimate of drug-likeness (QED) is 0.184. The molecule has 0 N–H and O–H groups in total. The zero-order chi connectivity index (χ0) is 25.9. The third-order valence-corrected chi connectivity index (χ3v) is 6.30. The number of hydrogen-bond donors (Lipinski definition) is 0. The summed E-state index contributed by atoms with van der Waals surface area (Å²) in [6.07, 6.45) is 9.63. The summed E-state index contributed by atoms with van der Waals surface area (Å²) < 4.78 is 4.92. The Kier molecular flexibility index (Phi) is 10.5. The summed E-state index contributed by atoms with van der Waals surface area (Å²) in [5, 5.41) is 0.529. The lowest BCUT2D eigenvalue weighted by atomic mass is 9.95. The predicted octanol–water partition coefficient (Wildman–Crippen LogP) is 7.19. The molecule has 0 radical (unpaired) electrons. The van der Waals surface area contributed by atoms with Crippen molar-refractivity contribution in [3.8, 4) is 0 Å². The fraction of sp³-hybridized carbons (Fsp3) is 0.286. The molecule has 1 heterocycles. The van der Waals surface area contributed by atoms with Gasteiger partial charge in [-0.1, -0.05) is 66.9 Å². The predicted molar refractivity (Wildman–Crippen MR) is 145 cm³/mol. The van der Waals surface area contributed by atoms with Gasteiger partial charge >= 0.3 is 5.97 Å². The van der Waals surface area contributed by atoms with Crippen LogP contribution in [0.5, 0.6) is 0 Å². The second kappa shape index (κ2) is 13.8. The molecule has 0 bridgehead atoms. The number of unbranched alkanes of at least 4 members (excludes halogenated alkanes) is 1. The number of esters is 1. The summed E-state index contributed by atoms with van der Waals surface area (Å²) in [7, 11) is 1.31. The van der Waals surface area contributed by atoms with E-state index in [0.717, 1.165) is 30.6 Å². The molecule has 6 nitrogen and oxygen atoms in total. The van der Waals surface area contributed by atoms with Crippen LogP contribution in [0.1, 0.15) is 48.5 Å². The second-order valence-electron chi connectivity index (χ2n) is 8.23. The summed E-state index contributed by atoms with van der Waals surface area (Å²) in [5.74, 6) is -0.737. The number of rotatable bonds is 12. The van der Waals surface area contributed by atoms with Crippen molar-refractivity contribution in [2.24, 2.45) is 5.92 Å². The molecular formula is C28H29Cl2N3O3. The Morgan fingerprint density at radius 2 is 1.69 bits per heavy atom. The van der Waals surface area contributed by atoms with E-state index < -0.39 is 11.9 Å². The number of methoxy groups -OCH3 is 1. The van der Waals surface area contributed by atoms with E-state index in [1.807, 2.05) is 36.4 Å². The highest BCUT2D eigenvalue weighted by atomic mass is 35.5. The van der Waals surface area contributed by atoms with Crippen molar-refractivity contribution >= 4 is 52.7 Å². The Morgan fingerprint density at radius 3 is 2.31 bits per heavy atom. The van der Waals surface area contributed by atoms with Crippen LogP contribution >= 0.6 is 23.2 Å². The molecule has 0 fully saturated rings. The van der Waals surface area contributed by atoms with E-state index in [9.17, 15) is 9.59 Å². The van der Waals surface area contributed by atoms with E-state index >= 15 is 0 Å². The molecule has 3 rings (SSSR count). The summed E-state index contributed by atoms with van der Waals surface area (Å²) in [5.41, 5.74) is 2.19. The van der Waals surface area contributed by atoms with E-state index in [4.69, 9.17) is 27.9 Å². The van der Waals surface area contributed by atoms with Crippen molar-refractivity contribution in [1.29, 1.82) is 0 Å². The van der Waals surface area contributed by atoms with Gasteiger partial charge in [-0.2, -0.15) is 0 Å². The van der Waals surface area contributed by atoms with Crippen LogP contribution < -0.4 is 4.90 Å². The smallest absolute Gasteiger partial charge is 0.309 e. The molecule has 1 unspecified atom stereocenters. The summed E-state index contributed by atoms with van der Waals surface area (Å²) in [4.78, 5) is 36.0. The number of Topliss-reactive ketones (excluding diaryl/α,β-unsaturated/α-hetero) is 1. The lowest BCUT2D eigenvalue weighted by Crippen LogP contribution is -2.20. The molecule has 0 saturated carbocycles. The fourth-order valence-corrected chi connectivity index (χ4v) is 4.35. The molecular weight excluding hydrogens is 497 g/mol. The van der Waals surface area contributed by atoms with E-state index in [0.29, 0.717) is 12.4 Å². The molecule has 3 aromatic rings. The van der Waals surface area contributed by atoms with Crippen molar-refractivity contribution in [2.75, 3.05) is 18.6 Å². The molecule has 2 aromatic carbocycles. The van der Waals surface area contributed by atoms with Gasteiger partial charge in [0.1, 0.15) is 0 Å². The molecule has 0 aliphatic heterocycles. The van der Waals surface area contributed by atoms with Crippen LogP contribution in [0, 0.1) is 5.92 Å². The first-order valence-corrected chi connectivity index (χ1v) is 12.6. The number of halogens is 2. The minimum Gasteiger partial charge on any atom is -0.469 e.